The number of fused-ring (bicyclic) bond motifs is 1. The predicted molar refractivity (Wildman–Crippen MR) is 114 cm³/mol. The zero-order valence-electron chi connectivity index (χ0n) is 17.9. The van der Waals surface area contributed by atoms with E-state index in [2.05, 4.69) is 0 Å². The molecule has 32 heavy (non-hydrogen) atoms. The zero-order valence-corrected chi connectivity index (χ0v) is 17.9. The van der Waals surface area contributed by atoms with Crippen molar-refractivity contribution in [2.24, 2.45) is 0 Å². The first-order chi connectivity index (χ1) is 14.9. The molecule has 0 amide bonds. The van der Waals surface area contributed by atoms with Crippen LogP contribution >= 0.6 is 0 Å². The number of rotatable bonds is 6. The topological polar surface area (TPSA) is 53.2 Å². The van der Waals surface area contributed by atoms with Crippen molar-refractivity contribution >= 4 is 10.8 Å². The van der Waals surface area contributed by atoms with Crippen LogP contribution in [0.5, 0.6) is 5.75 Å². The SMILES string of the molecule is COc1ccc(F)cc1C(C)(C)CC(O)(Cc1ccc(C#N)c2ccccc12)C(F)(F)F. The van der Waals surface area contributed by atoms with Crippen molar-refractivity contribution < 1.29 is 27.4 Å². The van der Waals surface area contributed by atoms with Crippen molar-refractivity contribution in [2.45, 2.75) is 43.9 Å². The number of aliphatic hydroxyl groups is 1. The van der Waals surface area contributed by atoms with Crippen molar-refractivity contribution in [1.29, 1.82) is 5.26 Å². The van der Waals surface area contributed by atoms with Gasteiger partial charge in [-0.25, -0.2) is 4.39 Å². The first-order valence-electron chi connectivity index (χ1n) is 9.96. The lowest BCUT2D eigenvalue weighted by Crippen LogP contribution is -2.50. The summed E-state index contributed by atoms with van der Waals surface area (Å²) in [5.74, 6) is -0.368. The van der Waals surface area contributed by atoms with Crippen LogP contribution in [0.25, 0.3) is 10.8 Å². The summed E-state index contributed by atoms with van der Waals surface area (Å²) in [5.41, 5.74) is -3.55. The molecule has 1 atom stereocenters. The minimum absolute atomic E-state index is 0.229. The van der Waals surface area contributed by atoms with E-state index < -0.39 is 35.9 Å². The Kier molecular flexibility index (Phi) is 6.21. The second-order valence-corrected chi connectivity index (χ2v) is 8.54. The van der Waals surface area contributed by atoms with Crippen LogP contribution in [-0.4, -0.2) is 24.0 Å². The molecule has 3 aromatic carbocycles. The number of methoxy groups -OCH3 is 1. The normalized spacial score (nSPS) is 14.1. The van der Waals surface area contributed by atoms with Gasteiger partial charge in [-0.2, -0.15) is 18.4 Å². The van der Waals surface area contributed by atoms with Crippen LogP contribution in [0.3, 0.4) is 0 Å². The number of alkyl halides is 3. The molecule has 7 heteroatoms. The van der Waals surface area contributed by atoms with Gasteiger partial charge in [0.05, 0.1) is 18.7 Å². The molecule has 0 fully saturated rings. The first-order valence-corrected chi connectivity index (χ1v) is 9.96. The Morgan fingerprint density at radius 2 is 1.66 bits per heavy atom. The summed E-state index contributed by atoms with van der Waals surface area (Å²) >= 11 is 0. The van der Waals surface area contributed by atoms with Crippen molar-refractivity contribution in [3.63, 3.8) is 0 Å². The van der Waals surface area contributed by atoms with Gasteiger partial charge in [-0.05, 0) is 52.4 Å². The molecule has 0 aliphatic heterocycles. The second-order valence-electron chi connectivity index (χ2n) is 8.54. The molecule has 3 aromatic rings. The van der Waals surface area contributed by atoms with Crippen molar-refractivity contribution in [3.05, 3.63) is 77.1 Å². The van der Waals surface area contributed by atoms with Crippen LogP contribution in [0.4, 0.5) is 17.6 Å². The highest BCUT2D eigenvalue weighted by Gasteiger charge is 2.56. The number of nitrogens with zero attached hydrogens (tertiary/aromatic N) is 1. The van der Waals surface area contributed by atoms with Gasteiger partial charge in [0.1, 0.15) is 11.6 Å². The van der Waals surface area contributed by atoms with Gasteiger partial charge >= 0.3 is 6.18 Å². The molecule has 0 spiro atoms. The Morgan fingerprint density at radius 3 is 2.25 bits per heavy atom. The number of nitriles is 1. The number of halogens is 4. The quantitative estimate of drug-likeness (QED) is 0.469. The minimum atomic E-state index is -4.96. The monoisotopic (exact) mass is 445 g/mol. The molecule has 1 unspecified atom stereocenters. The third-order valence-corrected chi connectivity index (χ3v) is 5.77. The van der Waals surface area contributed by atoms with E-state index in [1.54, 1.807) is 24.3 Å². The van der Waals surface area contributed by atoms with E-state index in [1.165, 1.54) is 39.2 Å². The number of benzene rings is 3. The molecule has 0 radical (unpaired) electrons. The van der Waals surface area contributed by atoms with Gasteiger partial charge in [0, 0.05) is 12.0 Å². The molecular weight excluding hydrogens is 422 g/mol. The third-order valence-electron chi connectivity index (χ3n) is 5.77. The number of hydrogen-bond acceptors (Lipinski definition) is 3. The van der Waals surface area contributed by atoms with E-state index in [4.69, 9.17) is 4.74 Å². The van der Waals surface area contributed by atoms with E-state index in [9.17, 15) is 27.9 Å². The Labute approximate surface area is 183 Å². The summed E-state index contributed by atoms with van der Waals surface area (Å²) in [7, 11) is 1.35. The lowest BCUT2D eigenvalue weighted by atomic mass is 9.72. The van der Waals surface area contributed by atoms with Gasteiger partial charge in [-0.1, -0.05) is 44.2 Å². The molecule has 1 N–H and O–H groups in total. The van der Waals surface area contributed by atoms with Gasteiger partial charge in [-0.3, -0.25) is 0 Å². The maximum absolute atomic E-state index is 14.2. The van der Waals surface area contributed by atoms with Crippen LogP contribution in [0.2, 0.25) is 0 Å². The summed E-state index contributed by atoms with van der Waals surface area (Å²) in [6, 6.07) is 15.2. The van der Waals surface area contributed by atoms with E-state index >= 15 is 0 Å². The fourth-order valence-corrected chi connectivity index (χ4v) is 4.23. The Hall–Kier alpha value is -3.11. The van der Waals surface area contributed by atoms with E-state index in [0.29, 0.717) is 16.3 Å². The van der Waals surface area contributed by atoms with Gasteiger partial charge in [0.15, 0.2) is 5.60 Å². The summed E-state index contributed by atoms with van der Waals surface area (Å²) < 4.78 is 61.8. The highest BCUT2D eigenvalue weighted by atomic mass is 19.4. The maximum Gasteiger partial charge on any atom is 0.417 e. The average Bonchev–Trinajstić information content (AvgIpc) is 2.73. The van der Waals surface area contributed by atoms with E-state index in [1.807, 2.05) is 6.07 Å². The molecule has 0 bridgehead atoms. The fraction of sp³-hybridized carbons (Fsp3) is 0.320. The predicted octanol–water partition coefficient (Wildman–Crippen LogP) is 6.06. The molecule has 0 aliphatic rings. The molecule has 3 nitrogen and oxygen atoms in total. The summed E-state index contributed by atoms with van der Waals surface area (Å²) in [5, 5.41) is 21.3. The molecule has 0 aromatic heterocycles. The smallest absolute Gasteiger partial charge is 0.417 e. The Bertz CT molecular complexity index is 1180. The van der Waals surface area contributed by atoms with Gasteiger partial charge in [0.25, 0.3) is 0 Å². The van der Waals surface area contributed by atoms with E-state index in [-0.39, 0.29) is 16.9 Å². The maximum atomic E-state index is 14.2. The first kappa shape index (κ1) is 23.6. The van der Waals surface area contributed by atoms with Crippen LogP contribution in [0.1, 0.15) is 37.0 Å². The van der Waals surface area contributed by atoms with Crippen LogP contribution in [0, 0.1) is 17.1 Å². The molecular formula is C25H23F4NO2. The zero-order chi connectivity index (χ0) is 23.7. The lowest BCUT2D eigenvalue weighted by Gasteiger charge is -2.38. The Morgan fingerprint density at radius 1 is 1.00 bits per heavy atom. The van der Waals surface area contributed by atoms with Crippen molar-refractivity contribution in [3.8, 4) is 11.8 Å². The molecule has 168 valence electrons. The van der Waals surface area contributed by atoms with Gasteiger partial charge in [0.2, 0.25) is 0 Å². The summed E-state index contributed by atoms with van der Waals surface area (Å²) in [4.78, 5) is 0. The second kappa shape index (κ2) is 8.44. The summed E-state index contributed by atoms with van der Waals surface area (Å²) in [6.07, 6.45) is -6.40. The molecule has 0 saturated heterocycles. The number of ether oxygens (including phenoxy) is 1. The van der Waals surface area contributed by atoms with Crippen molar-refractivity contribution in [2.75, 3.05) is 7.11 Å². The lowest BCUT2D eigenvalue weighted by molar-refractivity contribution is -0.266. The highest BCUT2D eigenvalue weighted by Crippen LogP contribution is 2.45. The molecule has 3 rings (SSSR count). The highest BCUT2D eigenvalue weighted by molar-refractivity contribution is 5.90. The third kappa shape index (κ3) is 4.42. The van der Waals surface area contributed by atoms with Crippen LogP contribution in [-0.2, 0) is 11.8 Å². The molecule has 0 saturated carbocycles. The molecule has 0 aliphatic carbocycles. The van der Waals surface area contributed by atoms with Gasteiger partial charge < -0.3 is 9.84 Å². The van der Waals surface area contributed by atoms with E-state index in [0.717, 1.165) is 12.1 Å². The van der Waals surface area contributed by atoms with Crippen molar-refractivity contribution in [1.82, 2.24) is 0 Å². The number of hydrogen-bond donors (Lipinski definition) is 1. The fourth-order valence-electron chi connectivity index (χ4n) is 4.23. The average molecular weight is 445 g/mol. The minimum Gasteiger partial charge on any atom is -0.496 e. The Balaban J connectivity index is 2.09. The van der Waals surface area contributed by atoms with Gasteiger partial charge in [-0.15, -0.1) is 0 Å². The largest absolute Gasteiger partial charge is 0.496 e. The standard InChI is InChI=1S/C25H23F4NO2/c1-23(2,21-12-18(26)10-11-22(21)32-3)15-24(31,25(27,28)29)13-16-8-9-17(14-30)20-7-5-4-6-19(16)20/h4-12,31H,13,15H2,1-3H3. The molecule has 0 heterocycles. The van der Waals surface area contributed by atoms with Crippen LogP contribution in [0.15, 0.2) is 54.6 Å². The summed E-state index contributed by atoms with van der Waals surface area (Å²) in [6.45, 7) is 3.02. The van der Waals surface area contributed by atoms with Crippen LogP contribution < -0.4 is 4.74 Å².